The largest absolute Gasteiger partial charge is 0.468 e. The number of hydrogen-bond donors (Lipinski definition) is 1. The van der Waals surface area contributed by atoms with Crippen molar-refractivity contribution < 1.29 is 9.47 Å². The first kappa shape index (κ1) is 10.5. The molecular formula is C12H17NO2. The van der Waals surface area contributed by atoms with Crippen LogP contribution in [0.25, 0.3) is 0 Å². The van der Waals surface area contributed by atoms with Crippen molar-refractivity contribution in [3.8, 4) is 5.75 Å². The van der Waals surface area contributed by atoms with E-state index >= 15 is 0 Å². The molecule has 0 saturated carbocycles. The summed E-state index contributed by atoms with van der Waals surface area (Å²) < 4.78 is 10.3. The van der Waals surface area contributed by atoms with Crippen LogP contribution in [0.1, 0.15) is 30.0 Å². The minimum Gasteiger partial charge on any atom is -0.468 e. The SMILES string of the molecule is COCOc1ccc2c(c1)[C@@H](N)CCC2. The van der Waals surface area contributed by atoms with Gasteiger partial charge in [0.05, 0.1) is 0 Å². The van der Waals surface area contributed by atoms with Crippen LogP contribution in [0, 0.1) is 0 Å². The second-order valence-corrected chi connectivity index (χ2v) is 3.91. The Bertz CT molecular complexity index is 338. The minimum atomic E-state index is 0.167. The zero-order chi connectivity index (χ0) is 10.7. The molecule has 0 bridgehead atoms. The van der Waals surface area contributed by atoms with E-state index in [2.05, 4.69) is 6.07 Å². The van der Waals surface area contributed by atoms with Crippen LogP contribution in [0.4, 0.5) is 0 Å². The van der Waals surface area contributed by atoms with Crippen LogP contribution in [-0.2, 0) is 11.2 Å². The molecule has 1 aromatic rings. The lowest BCUT2D eigenvalue weighted by molar-refractivity contribution is 0.0510. The Kier molecular flexibility index (Phi) is 3.23. The summed E-state index contributed by atoms with van der Waals surface area (Å²) in [6, 6.07) is 6.30. The summed E-state index contributed by atoms with van der Waals surface area (Å²) in [5, 5.41) is 0. The summed E-state index contributed by atoms with van der Waals surface area (Å²) in [4.78, 5) is 0. The molecule has 1 aromatic carbocycles. The first-order valence-corrected chi connectivity index (χ1v) is 5.31. The van der Waals surface area contributed by atoms with Crippen LogP contribution in [0.3, 0.4) is 0 Å². The van der Waals surface area contributed by atoms with Gasteiger partial charge in [-0.15, -0.1) is 0 Å². The van der Waals surface area contributed by atoms with E-state index in [1.165, 1.54) is 17.5 Å². The summed E-state index contributed by atoms with van der Waals surface area (Å²) in [7, 11) is 1.62. The number of aryl methyl sites for hydroxylation is 1. The monoisotopic (exact) mass is 207 g/mol. The Morgan fingerprint density at radius 2 is 2.33 bits per heavy atom. The second-order valence-electron chi connectivity index (χ2n) is 3.91. The van der Waals surface area contributed by atoms with Gasteiger partial charge in [0.15, 0.2) is 6.79 Å². The maximum Gasteiger partial charge on any atom is 0.188 e. The van der Waals surface area contributed by atoms with E-state index in [-0.39, 0.29) is 12.8 Å². The van der Waals surface area contributed by atoms with Crippen LogP contribution in [0.15, 0.2) is 18.2 Å². The fourth-order valence-electron chi connectivity index (χ4n) is 2.03. The molecule has 0 aliphatic heterocycles. The number of hydrogen-bond acceptors (Lipinski definition) is 3. The lowest BCUT2D eigenvalue weighted by Gasteiger charge is -2.22. The number of nitrogens with two attached hydrogens (primary N) is 1. The Hall–Kier alpha value is -1.06. The van der Waals surface area contributed by atoms with E-state index in [1.807, 2.05) is 12.1 Å². The van der Waals surface area contributed by atoms with Crippen LogP contribution in [0.5, 0.6) is 5.75 Å². The van der Waals surface area contributed by atoms with Crippen molar-refractivity contribution in [2.24, 2.45) is 5.73 Å². The zero-order valence-corrected chi connectivity index (χ0v) is 9.03. The molecule has 2 rings (SSSR count). The van der Waals surface area contributed by atoms with Crippen molar-refractivity contribution in [3.63, 3.8) is 0 Å². The van der Waals surface area contributed by atoms with E-state index in [9.17, 15) is 0 Å². The van der Waals surface area contributed by atoms with Gasteiger partial charge in [0.2, 0.25) is 0 Å². The summed E-state index contributed by atoms with van der Waals surface area (Å²) in [5.41, 5.74) is 8.65. The number of methoxy groups -OCH3 is 1. The van der Waals surface area contributed by atoms with E-state index in [4.69, 9.17) is 15.2 Å². The highest BCUT2D eigenvalue weighted by Crippen LogP contribution is 2.30. The highest BCUT2D eigenvalue weighted by atomic mass is 16.7. The molecule has 0 amide bonds. The Morgan fingerprint density at radius 1 is 1.47 bits per heavy atom. The molecule has 0 fully saturated rings. The first-order chi connectivity index (χ1) is 7.31. The fourth-order valence-corrected chi connectivity index (χ4v) is 2.03. The van der Waals surface area contributed by atoms with E-state index in [0.717, 1.165) is 18.6 Å². The maximum atomic E-state index is 6.06. The lowest BCUT2D eigenvalue weighted by Crippen LogP contribution is -2.17. The Balaban J connectivity index is 2.19. The fraction of sp³-hybridized carbons (Fsp3) is 0.500. The van der Waals surface area contributed by atoms with Crippen molar-refractivity contribution in [1.82, 2.24) is 0 Å². The van der Waals surface area contributed by atoms with Gasteiger partial charge in [-0.25, -0.2) is 0 Å². The van der Waals surface area contributed by atoms with Gasteiger partial charge in [-0.3, -0.25) is 0 Å². The van der Waals surface area contributed by atoms with Crippen molar-refractivity contribution in [1.29, 1.82) is 0 Å². The third-order valence-corrected chi connectivity index (χ3v) is 2.82. The average molecular weight is 207 g/mol. The molecule has 0 aromatic heterocycles. The molecular weight excluding hydrogens is 190 g/mol. The highest BCUT2D eigenvalue weighted by molar-refractivity contribution is 5.38. The van der Waals surface area contributed by atoms with Crippen LogP contribution < -0.4 is 10.5 Å². The van der Waals surface area contributed by atoms with Gasteiger partial charge in [-0.05, 0) is 42.5 Å². The predicted octanol–water partition coefficient (Wildman–Crippen LogP) is 2.01. The van der Waals surface area contributed by atoms with Gasteiger partial charge in [-0.1, -0.05) is 6.07 Å². The van der Waals surface area contributed by atoms with Crippen molar-refractivity contribution in [3.05, 3.63) is 29.3 Å². The predicted molar refractivity (Wildman–Crippen MR) is 58.8 cm³/mol. The number of benzene rings is 1. The Morgan fingerprint density at radius 3 is 3.13 bits per heavy atom. The number of fused-ring (bicyclic) bond motifs is 1. The molecule has 82 valence electrons. The molecule has 1 aliphatic carbocycles. The molecule has 1 aliphatic rings. The molecule has 0 spiro atoms. The van der Waals surface area contributed by atoms with Crippen LogP contribution in [-0.4, -0.2) is 13.9 Å². The molecule has 0 unspecified atom stereocenters. The number of rotatable bonds is 3. The molecule has 0 heterocycles. The summed E-state index contributed by atoms with van der Waals surface area (Å²) >= 11 is 0. The summed E-state index contributed by atoms with van der Waals surface area (Å²) in [5.74, 6) is 0.841. The van der Waals surface area contributed by atoms with E-state index in [0.29, 0.717) is 0 Å². The number of ether oxygens (including phenoxy) is 2. The molecule has 1 atom stereocenters. The molecule has 2 N–H and O–H groups in total. The Labute approximate surface area is 90.2 Å². The van der Waals surface area contributed by atoms with Gasteiger partial charge in [0.1, 0.15) is 5.75 Å². The average Bonchev–Trinajstić information content (AvgIpc) is 2.27. The summed E-state index contributed by atoms with van der Waals surface area (Å²) in [6.07, 6.45) is 3.39. The topological polar surface area (TPSA) is 44.5 Å². The van der Waals surface area contributed by atoms with Crippen LogP contribution >= 0.6 is 0 Å². The van der Waals surface area contributed by atoms with Crippen molar-refractivity contribution in [2.75, 3.05) is 13.9 Å². The van der Waals surface area contributed by atoms with E-state index in [1.54, 1.807) is 7.11 Å². The third kappa shape index (κ3) is 2.30. The standard InChI is InChI=1S/C12H17NO2/c1-14-8-15-10-6-5-9-3-2-4-12(13)11(9)7-10/h5-7,12H,2-4,8,13H2,1H3/t12-/m0/s1. The lowest BCUT2D eigenvalue weighted by atomic mass is 9.88. The van der Waals surface area contributed by atoms with Crippen molar-refractivity contribution in [2.45, 2.75) is 25.3 Å². The molecule has 3 heteroatoms. The van der Waals surface area contributed by atoms with Gasteiger partial charge in [-0.2, -0.15) is 0 Å². The van der Waals surface area contributed by atoms with Gasteiger partial charge < -0.3 is 15.2 Å². The quantitative estimate of drug-likeness (QED) is 0.771. The summed E-state index contributed by atoms with van der Waals surface area (Å²) in [6.45, 7) is 0.286. The maximum absolute atomic E-state index is 6.06. The van der Waals surface area contributed by atoms with Gasteiger partial charge in [0.25, 0.3) is 0 Å². The second kappa shape index (κ2) is 4.64. The molecule has 3 nitrogen and oxygen atoms in total. The van der Waals surface area contributed by atoms with Crippen molar-refractivity contribution >= 4 is 0 Å². The smallest absolute Gasteiger partial charge is 0.188 e. The van der Waals surface area contributed by atoms with Crippen LogP contribution in [0.2, 0.25) is 0 Å². The normalized spacial score (nSPS) is 19.7. The van der Waals surface area contributed by atoms with Gasteiger partial charge in [0, 0.05) is 13.2 Å². The third-order valence-electron chi connectivity index (χ3n) is 2.82. The van der Waals surface area contributed by atoms with E-state index < -0.39 is 0 Å². The highest BCUT2D eigenvalue weighted by Gasteiger charge is 2.16. The molecule has 0 radical (unpaired) electrons. The first-order valence-electron chi connectivity index (χ1n) is 5.31. The van der Waals surface area contributed by atoms with Gasteiger partial charge >= 0.3 is 0 Å². The zero-order valence-electron chi connectivity index (χ0n) is 9.03. The molecule has 0 saturated heterocycles. The minimum absolute atomic E-state index is 0.167. The molecule has 15 heavy (non-hydrogen) atoms.